The average molecular weight is 542 g/mol. The summed E-state index contributed by atoms with van der Waals surface area (Å²) in [4.78, 5) is 31.6. The van der Waals surface area contributed by atoms with Crippen LogP contribution in [0.5, 0.6) is 11.6 Å². The number of methoxy groups -OCH3 is 2. The molecule has 38 heavy (non-hydrogen) atoms. The molecule has 1 unspecified atom stereocenters. The molecule has 0 radical (unpaired) electrons. The summed E-state index contributed by atoms with van der Waals surface area (Å²) in [5.41, 5.74) is 1.38. The monoisotopic (exact) mass is 541 g/mol. The maximum absolute atomic E-state index is 14.0. The van der Waals surface area contributed by atoms with Gasteiger partial charge in [-0.05, 0) is 54.8 Å². The number of hydrogen-bond acceptors (Lipinski definition) is 5. The van der Waals surface area contributed by atoms with Gasteiger partial charge in [0.05, 0.1) is 30.4 Å². The number of carbonyl (C=O) groups excluding carboxylic acids is 2. The Labute approximate surface area is 223 Å². The van der Waals surface area contributed by atoms with Crippen molar-refractivity contribution in [3.63, 3.8) is 0 Å². The number of amides is 2. The highest BCUT2D eigenvalue weighted by molar-refractivity contribution is 6.34. The minimum absolute atomic E-state index is 0.111. The first-order chi connectivity index (χ1) is 18.2. The molecule has 1 aliphatic heterocycles. The van der Waals surface area contributed by atoms with Crippen LogP contribution in [0.25, 0.3) is 11.1 Å². The summed E-state index contributed by atoms with van der Waals surface area (Å²) < 4.78 is 38.0. The summed E-state index contributed by atoms with van der Waals surface area (Å²) in [7, 11) is 2.81. The molecule has 5 rings (SSSR count). The number of hydrogen-bond donors (Lipinski definition) is 1. The van der Waals surface area contributed by atoms with Crippen LogP contribution in [0.4, 0.5) is 8.78 Å². The Morgan fingerprint density at radius 3 is 2.58 bits per heavy atom. The Morgan fingerprint density at radius 1 is 1.11 bits per heavy atom. The number of aromatic nitrogens is 1. The molecule has 1 aliphatic carbocycles. The lowest BCUT2D eigenvalue weighted by Gasteiger charge is -2.51. The summed E-state index contributed by atoms with van der Waals surface area (Å²) in [6.07, 6.45) is 3.82. The number of nitrogens with one attached hydrogen (secondary N) is 1. The normalized spacial score (nSPS) is 17.7. The van der Waals surface area contributed by atoms with E-state index in [0.717, 1.165) is 25.3 Å². The smallest absolute Gasteiger partial charge is 0.255 e. The molecule has 10 heteroatoms. The molecular weight excluding hydrogens is 516 g/mol. The van der Waals surface area contributed by atoms with Crippen LogP contribution in [0, 0.1) is 17.0 Å². The van der Waals surface area contributed by atoms with Gasteiger partial charge in [0, 0.05) is 36.3 Å². The average Bonchev–Trinajstić information content (AvgIpc) is 3.30. The van der Waals surface area contributed by atoms with Gasteiger partial charge in [-0.15, -0.1) is 0 Å². The maximum Gasteiger partial charge on any atom is 0.255 e. The first kappa shape index (κ1) is 25.9. The van der Waals surface area contributed by atoms with Crippen LogP contribution in [0.15, 0.2) is 48.7 Å². The van der Waals surface area contributed by atoms with Crippen LogP contribution in [-0.2, 0) is 0 Å². The lowest BCUT2D eigenvalue weighted by atomic mass is 9.74. The van der Waals surface area contributed by atoms with Crippen molar-refractivity contribution in [1.82, 2.24) is 15.2 Å². The van der Waals surface area contributed by atoms with Crippen LogP contribution in [0.1, 0.15) is 40.0 Å². The fraction of sp³-hybridized carbons (Fsp3) is 0.321. The van der Waals surface area contributed by atoms with Gasteiger partial charge in [0.25, 0.3) is 11.8 Å². The van der Waals surface area contributed by atoms with Crippen molar-refractivity contribution in [2.75, 3.05) is 27.3 Å². The molecule has 7 nitrogen and oxygen atoms in total. The van der Waals surface area contributed by atoms with Crippen LogP contribution in [0.3, 0.4) is 0 Å². The molecule has 198 valence electrons. The molecule has 1 aromatic heterocycles. The Bertz CT molecular complexity index is 1410. The van der Waals surface area contributed by atoms with E-state index < -0.39 is 17.5 Å². The second-order valence-corrected chi connectivity index (χ2v) is 10.1. The Kier molecular flexibility index (Phi) is 6.96. The van der Waals surface area contributed by atoms with Crippen molar-refractivity contribution in [3.8, 4) is 22.8 Å². The second kappa shape index (κ2) is 10.2. The minimum Gasteiger partial charge on any atom is -0.496 e. The standard InChI is InChI=1S/C28H26ClF2N3O4/c1-37-23-8-6-18(30)12-20(23)16-5-7-19(21(29)10-16)27(36)34-14-28(15-34)9-3-4-24(28)33-25(35)17-11-22(31)26(38-2)32-13-17/h5-8,10-13,24H,3-4,9,14-15H2,1-2H3,(H,33,35). The van der Waals surface area contributed by atoms with Crippen LogP contribution < -0.4 is 14.8 Å². The summed E-state index contributed by atoms with van der Waals surface area (Å²) >= 11 is 6.50. The van der Waals surface area contributed by atoms with Crippen LogP contribution >= 0.6 is 11.6 Å². The Balaban J connectivity index is 1.27. The topological polar surface area (TPSA) is 80.8 Å². The molecule has 0 bridgehead atoms. The van der Waals surface area contributed by atoms with E-state index in [0.29, 0.717) is 35.5 Å². The SMILES string of the molecule is COc1ccc(F)cc1-c1ccc(C(=O)N2CC3(CCCC3NC(=O)c3cnc(OC)c(F)c3)C2)c(Cl)c1. The highest BCUT2D eigenvalue weighted by Gasteiger charge is 2.53. The maximum atomic E-state index is 14.0. The number of rotatable bonds is 6. The molecule has 1 spiro atoms. The van der Waals surface area contributed by atoms with Gasteiger partial charge in [0.1, 0.15) is 11.6 Å². The Hall–Kier alpha value is -3.72. The van der Waals surface area contributed by atoms with Gasteiger partial charge in [0.15, 0.2) is 5.82 Å². The van der Waals surface area contributed by atoms with Gasteiger partial charge in [-0.3, -0.25) is 9.59 Å². The highest BCUT2D eigenvalue weighted by Crippen LogP contribution is 2.46. The molecule has 2 amide bonds. The predicted molar refractivity (Wildman–Crippen MR) is 138 cm³/mol. The Morgan fingerprint density at radius 2 is 1.89 bits per heavy atom. The molecular formula is C28H26ClF2N3O4. The van der Waals surface area contributed by atoms with Crippen molar-refractivity contribution in [3.05, 3.63) is 76.4 Å². The van der Waals surface area contributed by atoms with Crippen molar-refractivity contribution in [2.45, 2.75) is 25.3 Å². The number of halogens is 3. The van der Waals surface area contributed by atoms with Crippen LogP contribution in [0.2, 0.25) is 5.02 Å². The number of nitrogens with zero attached hydrogens (tertiary/aromatic N) is 2. The van der Waals surface area contributed by atoms with E-state index in [4.69, 9.17) is 21.1 Å². The minimum atomic E-state index is -0.708. The van der Waals surface area contributed by atoms with Gasteiger partial charge in [-0.2, -0.15) is 0 Å². The van der Waals surface area contributed by atoms with Gasteiger partial charge in [-0.1, -0.05) is 24.1 Å². The van der Waals surface area contributed by atoms with E-state index in [9.17, 15) is 18.4 Å². The molecule has 2 heterocycles. The number of carbonyl (C=O) groups is 2. The highest BCUT2D eigenvalue weighted by atomic mass is 35.5. The summed E-state index contributed by atoms with van der Waals surface area (Å²) in [5, 5.41) is 3.27. The van der Waals surface area contributed by atoms with Crippen molar-refractivity contribution in [1.29, 1.82) is 0 Å². The van der Waals surface area contributed by atoms with Crippen LogP contribution in [-0.4, -0.2) is 55.0 Å². The number of pyridine rings is 1. The predicted octanol–water partition coefficient (Wildman–Crippen LogP) is 5.12. The third-order valence-electron chi connectivity index (χ3n) is 7.45. The molecule has 1 N–H and O–H groups in total. The number of benzene rings is 2. The fourth-order valence-electron chi connectivity index (χ4n) is 5.47. The van der Waals surface area contributed by atoms with Crippen molar-refractivity contribution in [2.24, 2.45) is 5.41 Å². The molecule has 2 aliphatic rings. The van der Waals surface area contributed by atoms with E-state index in [1.807, 2.05) is 0 Å². The first-order valence-electron chi connectivity index (χ1n) is 12.2. The van der Waals surface area contributed by atoms with Gasteiger partial charge >= 0.3 is 0 Å². The lowest BCUT2D eigenvalue weighted by Crippen LogP contribution is -2.64. The zero-order valence-electron chi connectivity index (χ0n) is 20.9. The van der Waals surface area contributed by atoms with E-state index in [1.54, 1.807) is 23.1 Å². The third kappa shape index (κ3) is 4.67. The first-order valence-corrected chi connectivity index (χ1v) is 12.6. The van der Waals surface area contributed by atoms with Gasteiger partial charge in [0.2, 0.25) is 5.88 Å². The second-order valence-electron chi connectivity index (χ2n) is 9.70. The van der Waals surface area contributed by atoms with E-state index in [1.165, 1.54) is 38.6 Å². The molecule has 1 atom stereocenters. The molecule has 2 aromatic carbocycles. The van der Waals surface area contributed by atoms with E-state index in [-0.39, 0.29) is 33.8 Å². The molecule has 3 aromatic rings. The summed E-state index contributed by atoms with van der Waals surface area (Å²) in [6, 6.07) is 10.1. The van der Waals surface area contributed by atoms with Gasteiger partial charge in [-0.25, -0.2) is 13.8 Å². The largest absolute Gasteiger partial charge is 0.496 e. The third-order valence-corrected chi connectivity index (χ3v) is 7.76. The van der Waals surface area contributed by atoms with Gasteiger partial charge < -0.3 is 19.7 Å². The zero-order valence-corrected chi connectivity index (χ0v) is 21.6. The van der Waals surface area contributed by atoms with Crippen molar-refractivity contribution >= 4 is 23.4 Å². The van der Waals surface area contributed by atoms with Crippen molar-refractivity contribution < 1.29 is 27.8 Å². The summed E-state index contributed by atoms with van der Waals surface area (Å²) in [6.45, 7) is 0.948. The number of ether oxygens (including phenoxy) is 2. The van der Waals surface area contributed by atoms with E-state index >= 15 is 0 Å². The summed E-state index contributed by atoms with van der Waals surface area (Å²) in [5.74, 6) is -1.42. The zero-order chi connectivity index (χ0) is 27.0. The van der Waals surface area contributed by atoms with E-state index in [2.05, 4.69) is 10.3 Å². The quantitative estimate of drug-likeness (QED) is 0.468. The molecule has 2 fully saturated rings. The molecule has 1 saturated heterocycles. The lowest BCUT2D eigenvalue weighted by molar-refractivity contribution is -0.00433. The molecule has 1 saturated carbocycles. The fourth-order valence-corrected chi connectivity index (χ4v) is 5.73. The number of likely N-dealkylation sites (tertiary alicyclic amines) is 1.